The van der Waals surface area contributed by atoms with Gasteiger partial charge in [0, 0.05) is 20.1 Å². The Morgan fingerprint density at radius 3 is 2.65 bits per heavy atom. The average molecular weight is 355 g/mol. The molecule has 0 aromatic heterocycles. The number of benzene rings is 2. The Labute approximate surface area is 156 Å². The van der Waals surface area contributed by atoms with Gasteiger partial charge < -0.3 is 20.1 Å². The van der Waals surface area contributed by atoms with Gasteiger partial charge in [-0.05, 0) is 37.1 Å². The third-order valence-electron chi connectivity index (χ3n) is 3.84. The molecule has 0 saturated carbocycles. The third kappa shape index (κ3) is 6.76. The minimum Gasteiger partial charge on any atom is -0.491 e. The minimum atomic E-state index is -0.658. The van der Waals surface area contributed by atoms with Crippen LogP contribution >= 0.6 is 0 Å². The van der Waals surface area contributed by atoms with Crippen LogP contribution in [0.4, 0.5) is 0 Å². The molecule has 2 rings (SSSR count). The molecule has 0 aliphatic heterocycles. The Bertz CT molecular complexity index is 689. The van der Waals surface area contributed by atoms with Crippen LogP contribution in [0.1, 0.15) is 18.1 Å². The fraction of sp³-hybridized carbons (Fsp3) is 0.381. The van der Waals surface area contributed by atoms with Crippen LogP contribution in [0.5, 0.6) is 5.75 Å². The zero-order chi connectivity index (χ0) is 18.8. The van der Waals surface area contributed by atoms with E-state index >= 15 is 0 Å². The number of ether oxygens (including phenoxy) is 1. The molecule has 0 saturated heterocycles. The van der Waals surface area contributed by atoms with E-state index in [1.165, 1.54) is 5.56 Å². The van der Waals surface area contributed by atoms with Gasteiger partial charge in [-0.25, -0.2) is 0 Å². The summed E-state index contributed by atoms with van der Waals surface area (Å²) in [7, 11) is 1.99. The van der Waals surface area contributed by atoms with Crippen molar-refractivity contribution in [2.75, 3.05) is 26.7 Å². The SMILES string of the molecule is CCNC(=NCC(O)COc1cccc(C)c1)N(C)Cc1ccccc1. The van der Waals surface area contributed by atoms with Crippen molar-refractivity contribution in [1.82, 2.24) is 10.2 Å². The van der Waals surface area contributed by atoms with E-state index in [1.807, 2.05) is 68.3 Å². The van der Waals surface area contributed by atoms with E-state index in [0.717, 1.165) is 30.4 Å². The van der Waals surface area contributed by atoms with E-state index in [1.54, 1.807) is 0 Å². The van der Waals surface area contributed by atoms with Crippen molar-refractivity contribution in [3.05, 3.63) is 65.7 Å². The number of aliphatic imine (C=N–C) groups is 1. The first kappa shape index (κ1) is 19.8. The summed E-state index contributed by atoms with van der Waals surface area (Å²) in [6.45, 7) is 6.07. The summed E-state index contributed by atoms with van der Waals surface area (Å²) in [6, 6.07) is 18.0. The van der Waals surface area contributed by atoms with E-state index in [4.69, 9.17) is 4.74 Å². The number of rotatable bonds is 8. The van der Waals surface area contributed by atoms with Gasteiger partial charge in [0.15, 0.2) is 5.96 Å². The van der Waals surface area contributed by atoms with Crippen molar-refractivity contribution in [3.8, 4) is 5.75 Å². The lowest BCUT2D eigenvalue weighted by atomic mass is 10.2. The maximum atomic E-state index is 10.2. The molecule has 2 N–H and O–H groups in total. The predicted molar refractivity (Wildman–Crippen MR) is 107 cm³/mol. The second-order valence-electron chi connectivity index (χ2n) is 6.32. The highest BCUT2D eigenvalue weighted by Gasteiger charge is 2.09. The lowest BCUT2D eigenvalue weighted by molar-refractivity contribution is 0.114. The third-order valence-corrected chi connectivity index (χ3v) is 3.84. The van der Waals surface area contributed by atoms with Crippen LogP contribution in [-0.4, -0.2) is 48.8 Å². The van der Waals surface area contributed by atoms with Crippen LogP contribution in [0.2, 0.25) is 0 Å². The molecule has 1 atom stereocenters. The summed E-state index contributed by atoms with van der Waals surface area (Å²) in [5.74, 6) is 1.53. The molecule has 0 radical (unpaired) electrons. The van der Waals surface area contributed by atoms with Crippen molar-refractivity contribution < 1.29 is 9.84 Å². The molecule has 2 aromatic rings. The molecule has 0 heterocycles. The number of aryl methyl sites for hydroxylation is 1. The number of guanidine groups is 1. The highest BCUT2D eigenvalue weighted by atomic mass is 16.5. The molecule has 0 aliphatic carbocycles. The van der Waals surface area contributed by atoms with Crippen LogP contribution < -0.4 is 10.1 Å². The van der Waals surface area contributed by atoms with E-state index in [2.05, 4.69) is 22.4 Å². The molecule has 0 spiro atoms. The van der Waals surface area contributed by atoms with Crippen LogP contribution in [0.25, 0.3) is 0 Å². The molecule has 5 nitrogen and oxygen atoms in total. The first-order valence-electron chi connectivity index (χ1n) is 8.99. The van der Waals surface area contributed by atoms with Crippen LogP contribution in [0.3, 0.4) is 0 Å². The van der Waals surface area contributed by atoms with Crippen LogP contribution in [-0.2, 0) is 6.54 Å². The summed E-state index contributed by atoms with van der Waals surface area (Å²) in [4.78, 5) is 6.59. The molecule has 140 valence electrons. The quantitative estimate of drug-likeness (QED) is 0.565. The fourth-order valence-electron chi connectivity index (χ4n) is 2.54. The molecule has 0 aliphatic rings. The molecule has 0 amide bonds. The van der Waals surface area contributed by atoms with Crippen molar-refractivity contribution >= 4 is 5.96 Å². The average Bonchev–Trinajstić information content (AvgIpc) is 2.64. The maximum absolute atomic E-state index is 10.2. The second kappa shape index (κ2) is 10.5. The Balaban J connectivity index is 1.88. The number of hydrogen-bond acceptors (Lipinski definition) is 3. The number of hydrogen-bond donors (Lipinski definition) is 2. The molecule has 2 aromatic carbocycles. The fourth-order valence-corrected chi connectivity index (χ4v) is 2.54. The summed E-state index contributed by atoms with van der Waals surface area (Å²) in [5, 5.41) is 13.5. The zero-order valence-corrected chi connectivity index (χ0v) is 15.9. The Hall–Kier alpha value is -2.53. The van der Waals surface area contributed by atoms with Gasteiger partial charge in [-0.15, -0.1) is 0 Å². The smallest absolute Gasteiger partial charge is 0.194 e. The molecule has 5 heteroatoms. The summed E-state index contributed by atoms with van der Waals surface area (Å²) in [6.07, 6.45) is -0.658. The van der Waals surface area contributed by atoms with E-state index in [9.17, 15) is 5.11 Å². The predicted octanol–water partition coefficient (Wildman–Crippen LogP) is 2.83. The van der Waals surface area contributed by atoms with Gasteiger partial charge in [0.2, 0.25) is 0 Å². The summed E-state index contributed by atoms with van der Waals surface area (Å²) >= 11 is 0. The minimum absolute atomic E-state index is 0.217. The topological polar surface area (TPSA) is 57.1 Å². The first-order chi connectivity index (χ1) is 12.6. The maximum Gasteiger partial charge on any atom is 0.194 e. The number of aliphatic hydroxyl groups excluding tert-OH is 1. The van der Waals surface area contributed by atoms with E-state index < -0.39 is 6.10 Å². The van der Waals surface area contributed by atoms with E-state index in [0.29, 0.717) is 0 Å². The van der Waals surface area contributed by atoms with Crippen molar-refractivity contribution in [2.45, 2.75) is 26.5 Å². The van der Waals surface area contributed by atoms with Crippen molar-refractivity contribution in [2.24, 2.45) is 4.99 Å². The van der Waals surface area contributed by atoms with Gasteiger partial charge in [0.05, 0.1) is 6.54 Å². The summed E-state index contributed by atoms with van der Waals surface area (Å²) < 4.78 is 5.64. The van der Waals surface area contributed by atoms with Crippen molar-refractivity contribution in [3.63, 3.8) is 0 Å². The van der Waals surface area contributed by atoms with Gasteiger partial charge in [0.1, 0.15) is 18.5 Å². The molecule has 26 heavy (non-hydrogen) atoms. The van der Waals surface area contributed by atoms with Crippen molar-refractivity contribution in [1.29, 1.82) is 0 Å². The van der Waals surface area contributed by atoms with Gasteiger partial charge in [-0.2, -0.15) is 0 Å². The Morgan fingerprint density at radius 2 is 1.96 bits per heavy atom. The zero-order valence-electron chi connectivity index (χ0n) is 15.9. The van der Waals surface area contributed by atoms with Crippen LogP contribution in [0, 0.1) is 6.92 Å². The second-order valence-corrected chi connectivity index (χ2v) is 6.32. The lowest BCUT2D eigenvalue weighted by Gasteiger charge is -2.22. The monoisotopic (exact) mass is 355 g/mol. The molecule has 0 bridgehead atoms. The number of nitrogens with zero attached hydrogens (tertiary/aromatic N) is 2. The van der Waals surface area contributed by atoms with E-state index in [-0.39, 0.29) is 13.2 Å². The number of nitrogens with one attached hydrogen (secondary N) is 1. The highest BCUT2D eigenvalue weighted by Crippen LogP contribution is 2.12. The molecule has 1 unspecified atom stereocenters. The lowest BCUT2D eigenvalue weighted by Crippen LogP contribution is -2.39. The number of aliphatic hydroxyl groups is 1. The molecular formula is C21H29N3O2. The Morgan fingerprint density at radius 1 is 1.19 bits per heavy atom. The molecule has 0 fully saturated rings. The highest BCUT2D eigenvalue weighted by molar-refractivity contribution is 5.79. The van der Waals surface area contributed by atoms with Gasteiger partial charge in [-0.1, -0.05) is 42.5 Å². The largest absolute Gasteiger partial charge is 0.491 e. The van der Waals surface area contributed by atoms with Gasteiger partial charge in [0.25, 0.3) is 0 Å². The Kier molecular flexibility index (Phi) is 7.96. The van der Waals surface area contributed by atoms with Gasteiger partial charge in [-0.3, -0.25) is 4.99 Å². The normalized spacial score (nSPS) is 12.5. The first-order valence-corrected chi connectivity index (χ1v) is 8.99. The standard InChI is InChI=1S/C21H29N3O2/c1-4-22-21(24(3)15-18-10-6-5-7-11-18)23-14-19(25)16-26-20-12-8-9-17(2)13-20/h5-13,19,25H,4,14-16H2,1-3H3,(H,22,23). The van der Waals surface area contributed by atoms with Gasteiger partial charge >= 0.3 is 0 Å². The summed E-state index contributed by atoms with van der Waals surface area (Å²) in [5.41, 5.74) is 2.34. The van der Waals surface area contributed by atoms with Crippen LogP contribution in [0.15, 0.2) is 59.6 Å². The molecular weight excluding hydrogens is 326 g/mol.